The first-order valence-corrected chi connectivity index (χ1v) is 6.32. The molecule has 1 unspecified atom stereocenters. The van der Waals surface area contributed by atoms with Crippen molar-refractivity contribution in [3.05, 3.63) is 35.4 Å². The minimum absolute atomic E-state index is 0. The van der Waals surface area contributed by atoms with Crippen molar-refractivity contribution in [1.82, 2.24) is 10.2 Å². The molecule has 0 radical (unpaired) electrons. The highest BCUT2D eigenvalue weighted by Crippen LogP contribution is 2.21. The van der Waals surface area contributed by atoms with Crippen LogP contribution < -0.4 is 5.32 Å². The molecular formula is C14H21ClF2N2O. The van der Waals surface area contributed by atoms with Gasteiger partial charge in [-0.2, -0.15) is 0 Å². The summed E-state index contributed by atoms with van der Waals surface area (Å²) in [5.41, 5.74) is 0.586. The lowest BCUT2D eigenvalue weighted by Crippen LogP contribution is -2.30. The molecule has 1 aromatic carbocycles. The molecule has 1 amide bonds. The quantitative estimate of drug-likeness (QED) is 0.820. The maximum Gasteiger partial charge on any atom is 0.222 e. The molecule has 20 heavy (non-hydrogen) atoms. The van der Waals surface area contributed by atoms with Crippen LogP contribution in [0, 0.1) is 11.6 Å². The lowest BCUT2D eigenvalue weighted by atomic mass is 10.1. The third-order valence-electron chi connectivity index (χ3n) is 3.22. The number of benzene rings is 1. The predicted octanol–water partition coefficient (Wildman–Crippen LogP) is 2.91. The van der Waals surface area contributed by atoms with Gasteiger partial charge in [0.05, 0.1) is 6.04 Å². The van der Waals surface area contributed by atoms with Crippen molar-refractivity contribution in [2.45, 2.75) is 25.8 Å². The topological polar surface area (TPSA) is 32.3 Å². The molecule has 0 spiro atoms. The second-order valence-corrected chi connectivity index (χ2v) is 4.56. The fourth-order valence-electron chi connectivity index (χ4n) is 1.80. The number of amides is 1. The Bertz CT molecular complexity index is 443. The number of rotatable bonds is 6. The van der Waals surface area contributed by atoms with E-state index in [1.807, 2.05) is 7.05 Å². The summed E-state index contributed by atoms with van der Waals surface area (Å²) in [6.07, 6.45) is 1.19. The van der Waals surface area contributed by atoms with Gasteiger partial charge in [-0.3, -0.25) is 4.79 Å². The zero-order valence-corrected chi connectivity index (χ0v) is 12.8. The number of hydrogen-bond donors (Lipinski definition) is 1. The van der Waals surface area contributed by atoms with E-state index in [-0.39, 0.29) is 24.4 Å². The minimum atomic E-state index is -0.889. The van der Waals surface area contributed by atoms with E-state index in [2.05, 4.69) is 5.32 Å². The van der Waals surface area contributed by atoms with E-state index in [0.29, 0.717) is 12.0 Å². The largest absolute Gasteiger partial charge is 0.339 e. The molecular weight excluding hydrogens is 286 g/mol. The Kier molecular flexibility index (Phi) is 8.34. The van der Waals surface area contributed by atoms with Gasteiger partial charge >= 0.3 is 0 Å². The minimum Gasteiger partial charge on any atom is -0.339 e. The summed E-state index contributed by atoms with van der Waals surface area (Å²) in [5, 5.41) is 2.97. The molecule has 0 saturated carbocycles. The van der Waals surface area contributed by atoms with Crippen molar-refractivity contribution < 1.29 is 13.6 Å². The Morgan fingerprint density at radius 3 is 2.55 bits per heavy atom. The van der Waals surface area contributed by atoms with Crippen molar-refractivity contribution in [1.29, 1.82) is 0 Å². The van der Waals surface area contributed by atoms with Crippen LogP contribution in [0.1, 0.15) is 31.4 Å². The number of hydrogen-bond acceptors (Lipinski definition) is 2. The molecule has 6 heteroatoms. The summed E-state index contributed by atoms with van der Waals surface area (Å²) in [7, 11) is 3.51. The van der Waals surface area contributed by atoms with Gasteiger partial charge in [-0.15, -0.1) is 12.4 Å². The lowest BCUT2D eigenvalue weighted by molar-refractivity contribution is -0.131. The van der Waals surface area contributed by atoms with Crippen molar-refractivity contribution in [3.8, 4) is 0 Å². The molecule has 0 aliphatic rings. The lowest BCUT2D eigenvalue weighted by Gasteiger charge is -2.25. The number of nitrogens with zero attached hydrogens (tertiary/aromatic N) is 1. The van der Waals surface area contributed by atoms with E-state index >= 15 is 0 Å². The standard InChI is InChI=1S/C14H20F2N2O.ClH/c1-10(11-6-7-12(15)13(16)9-11)18(3)14(19)5-4-8-17-2;/h6-7,9-10,17H,4-5,8H2,1-3H3;1H. The second kappa shape index (κ2) is 8.87. The van der Waals surface area contributed by atoms with Crippen LogP contribution in [0.15, 0.2) is 18.2 Å². The highest BCUT2D eigenvalue weighted by Gasteiger charge is 2.18. The Morgan fingerprint density at radius 2 is 2.00 bits per heavy atom. The Labute approximate surface area is 124 Å². The van der Waals surface area contributed by atoms with Crippen LogP contribution in [0.4, 0.5) is 8.78 Å². The normalized spacial score (nSPS) is 11.7. The van der Waals surface area contributed by atoms with E-state index in [0.717, 1.165) is 25.1 Å². The third-order valence-corrected chi connectivity index (χ3v) is 3.22. The molecule has 0 heterocycles. The first kappa shape index (κ1) is 18.8. The van der Waals surface area contributed by atoms with Gasteiger partial charge in [0.25, 0.3) is 0 Å². The predicted molar refractivity (Wildman–Crippen MR) is 78.0 cm³/mol. The van der Waals surface area contributed by atoms with Crippen molar-refractivity contribution in [2.75, 3.05) is 20.6 Å². The van der Waals surface area contributed by atoms with Gasteiger partial charge in [0.15, 0.2) is 11.6 Å². The first-order chi connectivity index (χ1) is 8.97. The highest BCUT2D eigenvalue weighted by atomic mass is 35.5. The van der Waals surface area contributed by atoms with Gasteiger partial charge in [-0.1, -0.05) is 6.07 Å². The second-order valence-electron chi connectivity index (χ2n) is 4.56. The van der Waals surface area contributed by atoms with E-state index in [9.17, 15) is 13.6 Å². The van der Waals surface area contributed by atoms with E-state index in [1.54, 1.807) is 18.9 Å². The average molecular weight is 307 g/mol. The molecule has 0 saturated heterocycles. The Morgan fingerprint density at radius 1 is 1.35 bits per heavy atom. The van der Waals surface area contributed by atoms with Crippen molar-refractivity contribution in [2.24, 2.45) is 0 Å². The van der Waals surface area contributed by atoms with E-state index in [4.69, 9.17) is 0 Å². The fraction of sp³-hybridized carbons (Fsp3) is 0.500. The molecule has 0 aliphatic heterocycles. The van der Waals surface area contributed by atoms with E-state index in [1.165, 1.54) is 6.07 Å². The molecule has 0 fully saturated rings. The van der Waals surface area contributed by atoms with Gasteiger partial charge in [0.1, 0.15) is 0 Å². The molecule has 1 N–H and O–H groups in total. The van der Waals surface area contributed by atoms with Crippen LogP contribution in [0.5, 0.6) is 0 Å². The third kappa shape index (κ3) is 5.06. The van der Waals surface area contributed by atoms with Gasteiger partial charge < -0.3 is 10.2 Å². The molecule has 0 bridgehead atoms. The number of halogens is 3. The van der Waals surface area contributed by atoms with Crippen molar-refractivity contribution in [3.63, 3.8) is 0 Å². The Balaban J connectivity index is 0.00000361. The molecule has 1 aromatic rings. The molecule has 1 rings (SSSR count). The summed E-state index contributed by atoms with van der Waals surface area (Å²) in [4.78, 5) is 13.5. The summed E-state index contributed by atoms with van der Waals surface area (Å²) >= 11 is 0. The molecule has 3 nitrogen and oxygen atoms in total. The van der Waals surface area contributed by atoms with Gasteiger partial charge in [-0.25, -0.2) is 8.78 Å². The Hall–Kier alpha value is -1.20. The van der Waals surface area contributed by atoms with E-state index < -0.39 is 11.6 Å². The number of nitrogens with one attached hydrogen (secondary N) is 1. The van der Waals surface area contributed by atoms with Crippen LogP contribution in [-0.2, 0) is 4.79 Å². The van der Waals surface area contributed by atoms with Gasteiger partial charge in [0, 0.05) is 13.5 Å². The summed E-state index contributed by atoms with van der Waals surface area (Å²) in [6, 6.07) is 3.44. The zero-order chi connectivity index (χ0) is 14.4. The molecule has 1 atom stereocenters. The zero-order valence-electron chi connectivity index (χ0n) is 12.0. The molecule has 114 valence electrons. The maximum absolute atomic E-state index is 13.2. The average Bonchev–Trinajstić information content (AvgIpc) is 2.40. The SMILES string of the molecule is CNCCCC(=O)N(C)C(C)c1ccc(F)c(F)c1.Cl. The first-order valence-electron chi connectivity index (χ1n) is 6.32. The number of carbonyl (C=O) groups excluding carboxylic acids is 1. The van der Waals surface area contributed by atoms with Crippen LogP contribution in [-0.4, -0.2) is 31.4 Å². The van der Waals surface area contributed by atoms with Gasteiger partial charge in [-0.05, 0) is 44.6 Å². The van der Waals surface area contributed by atoms with Gasteiger partial charge in [0.2, 0.25) is 5.91 Å². The summed E-state index contributed by atoms with van der Waals surface area (Å²) in [5.74, 6) is -1.77. The summed E-state index contributed by atoms with van der Waals surface area (Å²) < 4.78 is 26.0. The molecule has 0 aliphatic carbocycles. The fourth-order valence-corrected chi connectivity index (χ4v) is 1.80. The maximum atomic E-state index is 13.2. The smallest absolute Gasteiger partial charge is 0.222 e. The van der Waals surface area contributed by atoms with Crippen LogP contribution in [0.25, 0.3) is 0 Å². The highest BCUT2D eigenvalue weighted by molar-refractivity contribution is 5.85. The van der Waals surface area contributed by atoms with Crippen LogP contribution in [0.2, 0.25) is 0 Å². The van der Waals surface area contributed by atoms with Crippen LogP contribution >= 0.6 is 12.4 Å². The monoisotopic (exact) mass is 306 g/mol. The van der Waals surface area contributed by atoms with Crippen molar-refractivity contribution >= 4 is 18.3 Å². The summed E-state index contributed by atoms with van der Waals surface area (Å²) in [6.45, 7) is 2.57. The number of carbonyl (C=O) groups is 1. The van der Waals surface area contributed by atoms with Crippen LogP contribution in [0.3, 0.4) is 0 Å². The molecule has 0 aromatic heterocycles.